The maximum Gasteiger partial charge on any atom is 0.0569 e. The molecule has 0 atom stereocenters. The summed E-state index contributed by atoms with van der Waals surface area (Å²) in [6.07, 6.45) is 0. The predicted octanol–water partition coefficient (Wildman–Crippen LogP) is 0.891. The van der Waals surface area contributed by atoms with Gasteiger partial charge in [0.25, 0.3) is 0 Å². The topological polar surface area (TPSA) is 21.3 Å². The molecule has 50 valence electrons. The first-order valence-corrected chi connectivity index (χ1v) is 3.76. The molecule has 0 rings (SSSR count). The Balaban J connectivity index is 2.53. The summed E-state index contributed by atoms with van der Waals surface area (Å²) in [5.74, 6) is 1.03. The molecule has 0 saturated heterocycles. The summed E-state index contributed by atoms with van der Waals surface area (Å²) in [6.45, 7) is 3.68. The van der Waals surface area contributed by atoms with Gasteiger partial charge in [0.2, 0.25) is 0 Å². The van der Waals surface area contributed by atoms with E-state index in [1.54, 1.807) is 11.9 Å². The Labute approximate surface area is 55.1 Å². The molecule has 0 aromatic carbocycles. The van der Waals surface area contributed by atoms with Gasteiger partial charge in [0.15, 0.2) is 0 Å². The molecule has 0 radical (unpaired) electrons. The lowest BCUT2D eigenvalue weighted by atomic mass is 10.8. The SMILES string of the molecule is CCOCCSNC. The highest BCUT2D eigenvalue weighted by atomic mass is 32.2. The van der Waals surface area contributed by atoms with E-state index in [-0.39, 0.29) is 0 Å². The number of rotatable bonds is 5. The maximum absolute atomic E-state index is 5.07. The van der Waals surface area contributed by atoms with E-state index in [2.05, 4.69) is 4.72 Å². The molecule has 0 bridgehead atoms. The Morgan fingerprint density at radius 3 is 2.88 bits per heavy atom. The van der Waals surface area contributed by atoms with Crippen molar-refractivity contribution in [3.05, 3.63) is 0 Å². The van der Waals surface area contributed by atoms with Crippen LogP contribution >= 0.6 is 11.9 Å². The van der Waals surface area contributed by atoms with E-state index in [9.17, 15) is 0 Å². The van der Waals surface area contributed by atoms with E-state index in [0.29, 0.717) is 0 Å². The number of ether oxygens (including phenoxy) is 1. The van der Waals surface area contributed by atoms with Gasteiger partial charge in [0.05, 0.1) is 6.61 Å². The average molecular weight is 135 g/mol. The van der Waals surface area contributed by atoms with Crippen molar-refractivity contribution >= 4 is 11.9 Å². The Hall–Kier alpha value is 0.270. The van der Waals surface area contributed by atoms with Gasteiger partial charge in [-0.15, -0.1) is 0 Å². The molecule has 0 aliphatic carbocycles. The quantitative estimate of drug-likeness (QED) is 0.447. The second-order valence-corrected chi connectivity index (χ2v) is 2.35. The number of hydrogen-bond donors (Lipinski definition) is 1. The highest BCUT2D eigenvalue weighted by Gasteiger charge is 1.82. The lowest BCUT2D eigenvalue weighted by molar-refractivity contribution is 0.164. The van der Waals surface area contributed by atoms with Crippen molar-refractivity contribution < 1.29 is 4.74 Å². The summed E-state index contributed by atoms with van der Waals surface area (Å²) in [4.78, 5) is 0. The van der Waals surface area contributed by atoms with Crippen molar-refractivity contribution in [2.24, 2.45) is 0 Å². The molecule has 0 amide bonds. The van der Waals surface area contributed by atoms with Crippen LogP contribution in [-0.2, 0) is 4.74 Å². The van der Waals surface area contributed by atoms with Crippen LogP contribution in [0, 0.1) is 0 Å². The summed E-state index contributed by atoms with van der Waals surface area (Å²) >= 11 is 1.67. The van der Waals surface area contributed by atoms with Crippen LogP contribution < -0.4 is 4.72 Å². The fourth-order valence-corrected chi connectivity index (χ4v) is 0.752. The fourth-order valence-electron chi connectivity index (χ4n) is 0.347. The van der Waals surface area contributed by atoms with Gasteiger partial charge in [0, 0.05) is 12.4 Å². The molecular formula is C5H13NOS. The van der Waals surface area contributed by atoms with Crippen molar-refractivity contribution in [1.82, 2.24) is 4.72 Å². The van der Waals surface area contributed by atoms with Gasteiger partial charge in [-0.1, -0.05) is 11.9 Å². The highest BCUT2D eigenvalue weighted by molar-refractivity contribution is 7.97. The molecule has 0 aromatic heterocycles. The summed E-state index contributed by atoms with van der Waals surface area (Å²) in [6, 6.07) is 0. The van der Waals surface area contributed by atoms with Crippen molar-refractivity contribution in [2.75, 3.05) is 26.0 Å². The van der Waals surface area contributed by atoms with E-state index in [4.69, 9.17) is 4.74 Å². The van der Waals surface area contributed by atoms with Crippen LogP contribution in [0.25, 0.3) is 0 Å². The molecule has 0 heterocycles. The third-order valence-corrected chi connectivity index (χ3v) is 1.34. The molecule has 0 spiro atoms. The Morgan fingerprint density at radius 2 is 2.38 bits per heavy atom. The Bertz CT molecular complexity index is 37.4. The number of hydrogen-bond acceptors (Lipinski definition) is 3. The average Bonchev–Trinajstić information content (AvgIpc) is 1.81. The molecule has 0 aliphatic heterocycles. The predicted molar refractivity (Wildman–Crippen MR) is 38.0 cm³/mol. The van der Waals surface area contributed by atoms with Crippen LogP contribution in [0.2, 0.25) is 0 Å². The Morgan fingerprint density at radius 1 is 1.62 bits per heavy atom. The first-order chi connectivity index (χ1) is 3.91. The summed E-state index contributed by atoms with van der Waals surface area (Å²) in [7, 11) is 1.91. The first kappa shape index (κ1) is 8.27. The van der Waals surface area contributed by atoms with Gasteiger partial charge in [-0.25, -0.2) is 0 Å². The molecule has 2 nitrogen and oxygen atoms in total. The zero-order valence-electron chi connectivity index (χ0n) is 5.44. The smallest absolute Gasteiger partial charge is 0.0569 e. The molecule has 0 aromatic rings. The minimum absolute atomic E-state index is 0.824. The van der Waals surface area contributed by atoms with Crippen molar-refractivity contribution in [1.29, 1.82) is 0 Å². The lowest BCUT2D eigenvalue weighted by Crippen LogP contribution is -2.01. The molecule has 0 aliphatic rings. The van der Waals surface area contributed by atoms with Crippen LogP contribution in [-0.4, -0.2) is 26.0 Å². The van der Waals surface area contributed by atoms with E-state index in [1.807, 2.05) is 14.0 Å². The fraction of sp³-hybridized carbons (Fsp3) is 1.00. The molecule has 0 fully saturated rings. The van der Waals surface area contributed by atoms with Crippen LogP contribution in [0.5, 0.6) is 0 Å². The van der Waals surface area contributed by atoms with Crippen LogP contribution in [0.3, 0.4) is 0 Å². The van der Waals surface area contributed by atoms with Gasteiger partial charge in [-0.3, -0.25) is 4.72 Å². The van der Waals surface area contributed by atoms with E-state index < -0.39 is 0 Å². The molecule has 0 saturated carbocycles. The number of nitrogens with one attached hydrogen (secondary N) is 1. The lowest BCUT2D eigenvalue weighted by Gasteiger charge is -1.97. The molecule has 1 N–H and O–H groups in total. The van der Waals surface area contributed by atoms with Gasteiger partial charge < -0.3 is 4.74 Å². The van der Waals surface area contributed by atoms with Gasteiger partial charge in [0.1, 0.15) is 0 Å². The van der Waals surface area contributed by atoms with E-state index in [0.717, 1.165) is 19.0 Å². The molecule has 3 heteroatoms. The molecule has 8 heavy (non-hydrogen) atoms. The normalized spacial score (nSPS) is 9.75. The monoisotopic (exact) mass is 135 g/mol. The maximum atomic E-state index is 5.07. The van der Waals surface area contributed by atoms with Crippen LogP contribution in [0.4, 0.5) is 0 Å². The van der Waals surface area contributed by atoms with Gasteiger partial charge in [-0.05, 0) is 14.0 Å². The van der Waals surface area contributed by atoms with Crippen molar-refractivity contribution in [3.63, 3.8) is 0 Å². The molecule has 0 unspecified atom stereocenters. The summed E-state index contributed by atoms with van der Waals surface area (Å²) < 4.78 is 8.04. The van der Waals surface area contributed by atoms with Crippen LogP contribution in [0.1, 0.15) is 6.92 Å². The highest BCUT2D eigenvalue weighted by Crippen LogP contribution is 1.88. The summed E-state index contributed by atoms with van der Waals surface area (Å²) in [5, 5.41) is 0. The van der Waals surface area contributed by atoms with Gasteiger partial charge >= 0.3 is 0 Å². The van der Waals surface area contributed by atoms with Crippen LogP contribution in [0.15, 0.2) is 0 Å². The zero-order valence-corrected chi connectivity index (χ0v) is 6.25. The third kappa shape index (κ3) is 6.27. The standard InChI is InChI=1S/C5H13NOS/c1-3-7-4-5-8-6-2/h6H,3-5H2,1-2H3. The zero-order chi connectivity index (χ0) is 6.24. The van der Waals surface area contributed by atoms with Crippen molar-refractivity contribution in [3.8, 4) is 0 Å². The second-order valence-electron chi connectivity index (χ2n) is 1.25. The largest absolute Gasteiger partial charge is 0.381 e. The summed E-state index contributed by atoms with van der Waals surface area (Å²) in [5.41, 5.74) is 0. The first-order valence-electron chi connectivity index (χ1n) is 2.78. The van der Waals surface area contributed by atoms with E-state index in [1.165, 1.54) is 0 Å². The third-order valence-electron chi connectivity index (χ3n) is 0.678. The van der Waals surface area contributed by atoms with E-state index >= 15 is 0 Å². The molecular weight excluding hydrogens is 122 g/mol. The van der Waals surface area contributed by atoms with Gasteiger partial charge in [-0.2, -0.15) is 0 Å². The Kier molecular flexibility index (Phi) is 7.52. The minimum atomic E-state index is 0.824. The second kappa shape index (κ2) is 7.27. The minimum Gasteiger partial charge on any atom is -0.381 e. The van der Waals surface area contributed by atoms with Crippen molar-refractivity contribution in [2.45, 2.75) is 6.92 Å².